The maximum atomic E-state index is 11.5. The normalized spacial score (nSPS) is 10.6. The molecule has 0 saturated carbocycles. The molecule has 0 saturated heterocycles. The lowest BCUT2D eigenvalue weighted by Gasteiger charge is -2.10. The Morgan fingerprint density at radius 1 is 1.04 bits per heavy atom. The van der Waals surface area contributed by atoms with Gasteiger partial charge in [0, 0.05) is 0 Å². The van der Waals surface area contributed by atoms with E-state index < -0.39 is 5.97 Å². The molecule has 0 amide bonds. The van der Waals surface area contributed by atoms with Crippen LogP contribution in [0.15, 0.2) is 58.8 Å². The number of hydrogen-bond donors (Lipinski definition) is 2. The number of thiophene rings is 1. The third kappa shape index (κ3) is 3.87. The number of hydrogen-bond acceptors (Lipinski definition) is 4. The summed E-state index contributed by atoms with van der Waals surface area (Å²) in [7, 11) is 0. The van der Waals surface area contributed by atoms with Crippen molar-refractivity contribution in [3.8, 4) is 11.1 Å². The first-order valence-electron chi connectivity index (χ1n) is 6.85. The van der Waals surface area contributed by atoms with E-state index in [1.54, 1.807) is 18.2 Å². The highest BCUT2D eigenvalue weighted by molar-refractivity contribution is 8.02. The van der Waals surface area contributed by atoms with Gasteiger partial charge >= 0.3 is 5.97 Å². The number of benzene rings is 2. The van der Waals surface area contributed by atoms with Crippen LogP contribution in [0.1, 0.15) is 10.4 Å². The van der Waals surface area contributed by atoms with Crippen molar-refractivity contribution in [2.24, 2.45) is 0 Å². The largest absolute Gasteiger partial charge is 0.478 e. The second kappa shape index (κ2) is 7.49. The van der Waals surface area contributed by atoms with Crippen LogP contribution in [0.3, 0.4) is 0 Å². The van der Waals surface area contributed by atoms with Crippen molar-refractivity contribution >= 4 is 58.1 Å². The predicted octanol–water partition coefficient (Wildman–Crippen LogP) is 6.54. The van der Waals surface area contributed by atoms with Gasteiger partial charge in [-0.1, -0.05) is 59.6 Å². The molecule has 0 aliphatic rings. The predicted molar refractivity (Wildman–Crippen MR) is 103 cm³/mol. The van der Waals surface area contributed by atoms with Gasteiger partial charge in [0.2, 0.25) is 0 Å². The third-order valence-electron chi connectivity index (χ3n) is 3.24. The van der Waals surface area contributed by atoms with Crippen LogP contribution in [0.4, 0.5) is 5.69 Å². The summed E-state index contributed by atoms with van der Waals surface area (Å²) in [6, 6.07) is 16.7. The molecule has 2 aromatic carbocycles. The van der Waals surface area contributed by atoms with E-state index in [4.69, 9.17) is 23.2 Å². The number of rotatable bonds is 5. The maximum absolute atomic E-state index is 11.5. The minimum Gasteiger partial charge on any atom is -0.478 e. The second-order valence-electron chi connectivity index (χ2n) is 4.82. The fraction of sp³-hybridized carbons (Fsp3) is 0. The average molecular weight is 396 g/mol. The summed E-state index contributed by atoms with van der Waals surface area (Å²) in [6.45, 7) is 0. The molecule has 7 heteroatoms. The van der Waals surface area contributed by atoms with E-state index in [0.29, 0.717) is 15.0 Å². The zero-order chi connectivity index (χ0) is 17.1. The number of carbonyl (C=O) groups is 1. The molecule has 1 aromatic heterocycles. The van der Waals surface area contributed by atoms with Gasteiger partial charge < -0.3 is 9.83 Å². The summed E-state index contributed by atoms with van der Waals surface area (Å²) in [4.78, 5) is 11.5. The zero-order valence-electron chi connectivity index (χ0n) is 12.1. The van der Waals surface area contributed by atoms with Gasteiger partial charge in [0.1, 0.15) is 4.34 Å². The second-order valence-corrected chi connectivity index (χ2v) is 7.99. The Hall–Kier alpha value is -1.66. The molecular formula is C17H11Cl2NO2S2. The first-order chi connectivity index (χ1) is 11.5. The van der Waals surface area contributed by atoms with Crippen molar-refractivity contribution in [1.29, 1.82) is 0 Å². The molecule has 3 rings (SSSR count). The first-order valence-corrected chi connectivity index (χ1v) is 9.24. The van der Waals surface area contributed by atoms with Gasteiger partial charge in [0.15, 0.2) is 0 Å². The quantitative estimate of drug-likeness (QED) is 0.481. The fourth-order valence-electron chi connectivity index (χ4n) is 2.11. The molecule has 0 spiro atoms. The Labute approximate surface area is 157 Å². The van der Waals surface area contributed by atoms with Gasteiger partial charge in [-0.3, -0.25) is 0 Å². The number of halogens is 2. The number of aromatic carboxylic acids is 1. The lowest BCUT2D eigenvalue weighted by molar-refractivity contribution is 0.0698. The molecule has 0 atom stereocenters. The van der Waals surface area contributed by atoms with E-state index in [9.17, 15) is 9.90 Å². The van der Waals surface area contributed by atoms with Crippen molar-refractivity contribution in [3.05, 3.63) is 69.5 Å². The average Bonchev–Trinajstić information content (AvgIpc) is 2.91. The van der Waals surface area contributed by atoms with Crippen LogP contribution in [0, 0.1) is 0 Å². The molecule has 0 unspecified atom stereocenters. The highest BCUT2D eigenvalue weighted by atomic mass is 35.5. The monoisotopic (exact) mass is 395 g/mol. The Morgan fingerprint density at radius 3 is 2.42 bits per heavy atom. The van der Waals surface area contributed by atoms with Crippen molar-refractivity contribution in [1.82, 2.24) is 0 Å². The van der Waals surface area contributed by atoms with Gasteiger partial charge in [-0.15, -0.1) is 11.3 Å². The third-order valence-corrected chi connectivity index (χ3v) is 6.04. The van der Waals surface area contributed by atoms with Gasteiger partial charge in [-0.25, -0.2) is 4.79 Å². The van der Waals surface area contributed by atoms with E-state index in [2.05, 4.69) is 4.72 Å². The molecule has 2 N–H and O–H groups in total. The van der Waals surface area contributed by atoms with Crippen molar-refractivity contribution in [2.45, 2.75) is 4.21 Å². The molecule has 0 bridgehead atoms. The molecule has 3 nitrogen and oxygen atoms in total. The fourth-order valence-corrected chi connectivity index (χ4v) is 4.51. The van der Waals surface area contributed by atoms with Crippen molar-refractivity contribution in [2.75, 3.05) is 4.72 Å². The summed E-state index contributed by atoms with van der Waals surface area (Å²) in [5.41, 5.74) is 2.68. The van der Waals surface area contributed by atoms with E-state index in [0.717, 1.165) is 15.3 Å². The first kappa shape index (κ1) is 17.2. The molecular weight excluding hydrogens is 385 g/mol. The Balaban J connectivity index is 1.90. The number of carboxylic acids is 1. The van der Waals surface area contributed by atoms with Crippen LogP contribution in [-0.2, 0) is 0 Å². The van der Waals surface area contributed by atoms with Crippen LogP contribution < -0.4 is 4.72 Å². The molecule has 0 aliphatic heterocycles. The standard InChI is InChI=1S/C17H11Cl2NO2S2/c18-13-9-15(23-16(13)19)24-20-14-8-11(6-7-12(14)17(21)22)10-4-2-1-3-5-10/h1-9,20H,(H,21,22). The minimum atomic E-state index is -0.986. The summed E-state index contributed by atoms with van der Waals surface area (Å²) >= 11 is 14.5. The van der Waals surface area contributed by atoms with Crippen LogP contribution in [0.5, 0.6) is 0 Å². The van der Waals surface area contributed by atoms with E-state index in [1.165, 1.54) is 23.3 Å². The molecule has 122 valence electrons. The van der Waals surface area contributed by atoms with E-state index >= 15 is 0 Å². The van der Waals surface area contributed by atoms with Crippen molar-refractivity contribution < 1.29 is 9.90 Å². The number of carboxylic acid groups (broad SMARTS) is 1. The van der Waals surface area contributed by atoms with Crippen LogP contribution >= 0.6 is 46.5 Å². The topological polar surface area (TPSA) is 49.3 Å². The Bertz CT molecular complexity index is 862. The molecule has 0 radical (unpaired) electrons. The molecule has 24 heavy (non-hydrogen) atoms. The number of anilines is 1. The maximum Gasteiger partial charge on any atom is 0.337 e. The van der Waals surface area contributed by atoms with Gasteiger partial charge in [0.25, 0.3) is 0 Å². The summed E-state index contributed by atoms with van der Waals surface area (Å²) in [5.74, 6) is -0.986. The van der Waals surface area contributed by atoms with Crippen LogP contribution in [-0.4, -0.2) is 11.1 Å². The van der Waals surface area contributed by atoms with Crippen molar-refractivity contribution in [3.63, 3.8) is 0 Å². The SMILES string of the molecule is O=C(O)c1ccc(-c2ccccc2)cc1NSc1cc(Cl)c(Cl)s1. The van der Waals surface area contributed by atoms with Crippen LogP contribution in [0.2, 0.25) is 9.36 Å². The smallest absolute Gasteiger partial charge is 0.337 e. The van der Waals surface area contributed by atoms with Crippen LogP contribution in [0.25, 0.3) is 11.1 Å². The minimum absolute atomic E-state index is 0.205. The molecule has 0 aliphatic carbocycles. The Kier molecular flexibility index (Phi) is 5.36. The lowest BCUT2D eigenvalue weighted by atomic mass is 10.0. The summed E-state index contributed by atoms with van der Waals surface area (Å²) in [6.07, 6.45) is 0. The zero-order valence-corrected chi connectivity index (χ0v) is 15.3. The molecule has 1 heterocycles. The van der Waals surface area contributed by atoms with E-state index in [-0.39, 0.29) is 5.56 Å². The lowest BCUT2D eigenvalue weighted by Crippen LogP contribution is -2.01. The van der Waals surface area contributed by atoms with E-state index in [1.807, 2.05) is 36.4 Å². The Morgan fingerprint density at radius 2 is 1.79 bits per heavy atom. The molecule has 0 fully saturated rings. The summed E-state index contributed by atoms with van der Waals surface area (Å²) in [5, 5.41) is 9.87. The molecule has 3 aromatic rings. The van der Waals surface area contributed by atoms with Gasteiger partial charge in [0.05, 0.1) is 20.5 Å². The number of nitrogens with one attached hydrogen (secondary N) is 1. The summed E-state index contributed by atoms with van der Waals surface area (Å²) < 4.78 is 4.46. The van der Waals surface area contributed by atoms with Gasteiger partial charge in [-0.2, -0.15) is 0 Å². The highest BCUT2D eigenvalue weighted by Crippen LogP contribution is 2.38. The highest BCUT2D eigenvalue weighted by Gasteiger charge is 2.13. The van der Waals surface area contributed by atoms with Gasteiger partial charge in [-0.05, 0) is 41.3 Å².